The molecule has 0 atom stereocenters. The molecule has 0 radical (unpaired) electrons. The lowest BCUT2D eigenvalue weighted by atomic mass is 10.1. The number of aliphatic hydroxyl groups is 1. The van der Waals surface area contributed by atoms with Crippen molar-refractivity contribution in [1.29, 1.82) is 0 Å². The molecule has 106 valence electrons. The molecule has 0 heterocycles. The third-order valence-corrected chi connectivity index (χ3v) is 2.20. The molecule has 6 nitrogen and oxygen atoms in total. The Kier molecular flexibility index (Phi) is 4.72. The van der Waals surface area contributed by atoms with E-state index in [0.717, 1.165) is 0 Å². The van der Waals surface area contributed by atoms with Crippen LogP contribution in [0.4, 0.5) is 11.4 Å². The van der Waals surface area contributed by atoms with Gasteiger partial charge in [-0.25, -0.2) is 0 Å². The average molecular weight is 268 g/mol. The van der Waals surface area contributed by atoms with Crippen LogP contribution in [-0.2, 0) is 0 Å². The summed E-state index contributed by atoms with van der Waals surface area (Å²) >= 11 is 0. The number of nitrogens with one attached hydrogen (secondary N) is 1. The SMILES string of the molecule is CC(C)Oc1cc(NCC(C)(C)O)cc([N+](=O)[O-])c1. The summed E-state index contributed by atoms with van der Waals surface area (Å²) < 4.78 is 5.47. The standard InChI is InChI=1S/C13H20N2O4/c1-9(2)19-12-6-10(14-8-13(3,4)16)5-11(7-12)15(17)18/h5-7,9,14,16H,8H2,1-4H3. The molecule has 0 fully saturated rings. The van der Waals surface area contributed by atoms with Gasteiger partial charge in [0, 0.05) is 24.4 Å². The van der Waals surface area contributed by atoms with E-state index in [1.807, 2.05) is 13.8 Å². The summed E-state index contributed by atoms with van der Waals surface area (Å²) in [5.41, 5.74) is -0.396. The van der Waals surface area contributed by atoms with Crippen molar-refractivity contribution in [2.75, 3.05) is 11.9 Å². The average Bonchev–Trinajstić information content (AvgIpc) is 2.24. The lowest BCUT2D eigenvalue weighted by Crippen LogP contribution is -2.29. The summed E-state index contributed by atoms with van der Waals surface area (Å²) in [6, 6.07) is 4.48. The molecule has 1 aromatic carbocycles. The van der Waals surface area contributed by atoms with Crippen molar-refractivity contribution in [2.45, 2.75) is 39.4 Å². The van der Waals surface area contributed by atoms with Gasteiger partial charge in [0.15, 0.2) is 0 Å². The fourth-order valence-electron chi connectivity index (χ4n) is 1.45. The Hall–Kier alpha value is -1.82. The molecule has 1 aromatic rings. The molecule has 0 saturated heterocycles. The number of anilines is 1. The third kappa shape index (κ3) is 5.56. The molecule has 0 aliphatic carbocycles. The number of nitrogens with zero attached hydrogens (tertiary/aromatic N) is 1. The smallest absolute Gasteiger partial charge is 0.275 e. The van der Waals surface area contributed by atoms with Crippen LogP contribution in [0.3, 0.4) is 0 Å². The lowest BCUT2D eigenvalue weighted by Gasteiger charge is -2.19. The Bertz CT molecular complexity index is 452. The molecule has 0 aliphatic heterocycles. The van der Waals surface area contributed by atoms with Gasteiger partial charge in [-0.3, -0.25) is 10.1 Å². The molecule has 2 N–H and O–H groups in total. The number of hydrogen-bond acceptors (Lipinski definition) is 5. The van der Waals surface area contributed by atoms with Gasteiger partial charge in [0.1, 0.15) is 5.75 Å². The van der Waals surface area contributed by atoms with Crippen LogP contribution in [0.25, 0.3) is 0 Å². The van der Waals surface area contributed by atoms with Crippen LogP contribution >= 0.6 is 0 Å². The number of hydrogen-bond donors (Lipinski definition) is 2. The second-order valence-corrected chi connectivity index (χ2v) is 5.31. The third-order valence-electron chi connectivity index (χ3n) is 2.20. The Morgan fingerprint density at radius 3 is 2.53 bits per heavy atom. The van der Waals surface area contributed by atoms with Gasteiger partial charge in [0.05, 0.1) is 22.7 Å². The van der Waals surface area contributed by atoms with E-state index in [9.17, 15) is 15.2 Å². The van der Waals surface area contributed by atoms with Crippen molar-refractivity contribution in [3.05, 3.63) is 28.3 Å². The molecule has 0 bridgehead atoms. The van der Waals surface area contributed by atoms with E-state index < -0.39 is 10.5 Å². The number of nitro groups is 1. The Morgan fingerprint density at radius 2 is 2.05 bits per heavy atom. The molecule has 1 rings (SSSR count). The first kappa shape index (κ1) is 15.2. The number of non-ortho nitro benzene ring substituents is 1. The molecule has 0 amide bonds. The van der Waals surface area contributed by atoms with Crippen molar-refractivity contribution in [2.24, 2.45) is 0 Å². The summed E-state index contributed by atoms with van der Waals surface area (Å²) in [5, 5.41) is 23.5. The van der Waals surface area contributed by atoms with Crippen LogP contribution in [0.15, 0.2) is 18.2 Å². The zero-order valence-electron chi connectivity index (χ0n) is 11.6. The molecule has 0 saturated carbocycles. The molecular weight excluding hydrogens is 248 g/mol. The van der Waals surface area contributed by atoms with Gasteiger partial charge in [-0.15, -0.1) is 0 Å². The van der Waals surface area contributed by atoms with E-state index in [4.69, 9.17) is 4.74 Å². The lowest BCUT2D eigenvalue weighted by molar-refractivity contribution is -0.384. The van der Waals surface area contributed by atoms with Gasteiger partial charge in [0.25, 0.3) is 5.69 Å². The minimum absolute atomic E-state index is 0.0450. The predicted octanol–water partition coefficient (Wildman–Crippen LogP) is 2.56. The summed E-state index contributed by atoms with van der Waals surface area (Å²) in [7, 11) is 0. The van der Waals surface area contributed by atoms with Crippen molar-refractivity contribution in [1.82, 2.24) is 0 Å². The van der Waals surface area contributed by atoms with Crippen molar-refractivity contribution in [3.8, 4) is 5.75 Å². The topological polar surface area (TPSA) is 84.6 Å². The summed E-state index contributed by atoms with van der Waals surface area (Å²) in [6.07, 6.45) is -0.0656. The van der Waals surface area contributed by atoms with Gasteiger partial charge in [-0.1, -0.05) is 0 Å². The molecule has 6 heteroatoms. The molecule has 0 unspecified atom stereocenters. The normalized spacial score (nSPS) is 11.5. The maximum absolute atomic E-state index is 10.9. The molecule has 19 heavy (non-hydrogen) atoms. The van der Waals surface area contributed by atoms with Crippen LogP contribution in [-0.4, -0.2) is 28.3 Å². The maximum Gasteiger partial charge on any atom is 0.275 e. The highest BCUT2D eigenvalue weighted by Crippen LogP contribution is 2.27. The predicted molar refractivity (Wildman–Crippen MR) is 73.6 cm³/mol. The zero-order chi connectivity index (χ0) is 14.6. The molecule has 0 aliphatic rings. The highest BCUT2D eigenvalue weighted by molar-refractivity contribution is 5.56. The van der Waals surface area contributed by atoms with E-state index in [2.05, 4.69) is 5.32 Å². The fraction of sp³-hybridized carbons (Fsp3) is 0.538. The summed E-state index contributed by atoms with van der Waals surface area (Å²) in [4.78, 5) is 10.4. The summed E-state index contributed by atoms with van der Waals surface area (Å²) in [6.45, 7) is 7.30. The molecular formula is C13H20N2O4. The number of nitro benzene ring substituents is 1. The van der Waals surface area contributed by atoms with Crippen LogP contribution in [0.1, 0.15) is 27.7 Å². The van der Waals surface area contributed by atoms with Gasteiger partial charge < -0.3 is 15.2 Å². The molecule has 0 spiro atoms. The van der Waals surface area contributed by atoms with Gasteiger partial charge in [-0.2, -0.15) is 0 Å². The van der Waals surface area contributed by atoms with Crippen molar-refractivity contribution in [3.63, 3.8) is 0 Å². The van der Waals surface area contributed by atoms with Crippen molar-refractivity contribution < 1.29 is 14.8 Å². The van der Waals surface area contributed by atoms with E-state index in [1.165, 1.54) is 12.1 Å². The van der Waals surface area contributed by atoms with Crippen LogP contribution in [0, 0.1) is 10.1 Å². The minimum atomic E-state index is -0.899. The Morgan fingerprint density at radius 1 is 1.42 bits per heavy atom. The largest absolute Gasteiger partial charge is 0.491 e. The van der Waals surface area contributed by atoms with E-state index in [1.54, 1.807) is 19.9 Å². The quantitative estimate of drug-likeness (QED) is 0.612. The minimum Gasteiger partial charge on any atom is -0.491 e. The first-order valence-corrected chi connectivity index (χ1v) is 6.10. The second-order valence-electron chi connectivity index (χ2n) is 5.31. The van der Waals surface area contributed by atoms with E-state index in [0.29, 0.717) is 11.4 Å². The van der Waals surface area contributed by atoms with Crippen LogP contribution < -0.4 is 10.1 Å². The van der Waals surface area contributed by atoms with E-state index >= 15 is 0 Å². The number of benzene rings is 1. The highest BCUT2D eigenvalue weighted by Gasteiger charge is 2.15. The van der Waals surface area contributed by atoms with Crippen molar-refractivity contribution >= 4 is 11.4 Å². The van der Waals surface area contributed by atoms with Gasteiger partial charge in [0.2, 0.25) is 0 Å². The number of rotatable bonds is 6. The monoisotopic (exact) mass is 268 g/mol. The summed E-state index contributed by atoms with van der Waals surface area (Å²) in [5.74, 6) is 0.433. The zero-order valence-corrected chi connectivity index (χ0v) is 11.6. The first-order valence-electron chi connectivity index (χ1n) is 6.10. The Labute approximate surface area is 112 Å². The van der Waals surface area contributed by atoms with Gasteiger partial charge >= 0.3 is 0 Å². The first-order chi connectivity index (χ1) is 8.67. The maximum atomic E-state index is 10.9. The fourth-order valence-corrected chi connectivity index (χ4v) is 1.45. The molecule has 0 aromatic heterocycles. The van der Waals surface area contributed by atoms with Gasteiger partial charge in [-0.05, 0) is 27.7 Å². The Balaban J connectivity index is 2.96. The highest BCUT2D eigenvalue weighted by atomic mass is 16.6. The number of ether oxygens (including phenoxy) is 1. The second kappa shape index (κ2) is 5.88. The van der Waals surface area contributed by atoms with Crippen LogP contribution in [0.2, 0.25) is 0 Å². The van der Waals surface area contributed by atoms with Crippen LogP contribution in [0.5, 0.6) is 5.75 Å². The van der Waals surface area contributed by atoms with E-state index in [-0.39, 0.29) is 18.3 Å².